The van der Waals surface area contributed by atoms with E-state index in [1.807, 2.05) is 24.4 Å². The largest absolute Gasteiger partial charge is 0.347 e. The zero-order valence-corrected chi connectivity index (χ0v) is 18.5. The Bertz CT molecular complexity index is 1260. The molecule has 2 fully saturated rings. The van der Waals surface area contributed by atoms with Crippen molar-refractivity contribution < 1.29 is 17.9 Å². The molecule has 1 aliphatic carbocycles. The molecule has 3 aromatic rings. The topological polar surface area (TPSA) is 60.8 Å². The van der Waals surface area contributed by atoms with Gasteiger partial charge >= 0.3 is 0 Å². The first-order chi connectivity index (χ1) is 14.9. The van der Waals surface area contributed by atoms with E-state index in [2.05, 4.69) is 24.9 Å². The lowest BCUT2D eigenvalue weighted by Gasteiger charge is -2.36. The highest BCUT2D eigenvalue weighted by molar-refractivity contribution is 7.90. The van der Waals surface area contributed by atoms with Crippen LogP contribution < -0.4 is 0 Å². The summed E-state index contributed by atoms with van der Waals surface area (Å²) >= 11 is 0. The summed E-state index contributed by atoms with van der Waals surface area (Å²) in [4.78, 5) is 2.69. The third-order valence-corrected chi connectivity index (χ3v) is 9.12. The molecule has 0 saturated carbocycles. The fourth-order valence-corrected chi connectivity index (χ4v) is 7.38. The first kappa shape index (κ1) is 19.5. The van der Waals surface area contributed by atoms with Gasteiger partial charge in [-0.3, -0.25) is 0 Å². The van der Waals surface area contributed by atoms with Crippen LogP contribution in [0.4, 0.5) is 0 Å². The van der Waals surface area contributed by atoms with E-state index in [1.54, 1.807) is 24.3 Å². The van der Waals surface area contributed by atoms with Crippen LogP contribution in [0.3, 0.4) is 0 Å². The Morgan fingerprint density at radius 2 is 1.77 bits per heavy atom. The molecule has 6 nitrogen and oxygen atoms in total. The predicted molar refractivity (Wildman–Crippen MR) is 118 cm³/mol. The third kappa shape index (κ3) is 2.70. The average molecular weight is 439 g/mol. The molecular weight excluding hydrogens is 412 g/mol. The molecular formula is C24H26N2O4S. The maximum atomic E-state index is 13.5. The van der Waals surface area contributed by atoms with Crippen LogP contribution in [-0.2, 0) is 25.9 Å². The van der Waals surface area contributed by atoms with Crippen LogP contribution in [0.25, 0.3) is 10.9 Å². The van der Waals surface area contributed by atoms with Gasteiger partial charge in [0.2, 0.25) is 0 Å². The van der Waals surface area contributed by atoms with Crippen molar-refractivity contribution in [2.45, 2.75) is 36.0 Å². The lowest BCUT2D eigenvalue weighted by Crippen LogP contribution is -2.41. The van der Waals surface area contributed by atoms with E-state index in [0.29, 0.717) is 24.2 Å². The smallest absolute Gasteiger partial charge is 0.268 e. The average Bonchev–Trinajstić information content (AvgIpc) is 3.47. The molecule has 2 aliphatic heterocycles. The van der Waals surface area contributed by atoms with Crippen molar-refractivity contribution in [3.63, 3.8) is 0 Å². The van der Waals surface area contributed by atoms with Crippen LogP contribution in [0.15, 0.2) is 59.6 Å². The first-order valence-corrected chi connectivity index (χ1v) is 12.3. The second kappa shape index (κ2) is 6.65. The Morgan fingerprint density at radius 1 is 1.03 bits per heavy atom. The van der Waals surface area contributed by atoms with Crippen LogP contribution in [0, 0.1) is 5.92 Å². The van der Waals surface area contributed by atoms with Crippen LogP contribution >= 0.6 is 0 Å². The van der Waals surface area contributed by atoms with Crippen LogP contribution in [0.5, 0.6) is 0 Å². The number of likely N-dealkylation sites (tertiary alicyclic amines) is 1. The van der Waals surface area contributed by atoms with Crippen LogP contribution in [0.1, 0.15) is 24.0 Å². The highest BCUT2D eigenvalue weighted by atomic mass is 32.2. The van der Waals surface area contributed by atoms with Crippen molar-refractivity contribution in [3.05, 3.63) is 65.9 Å². The van der Waals surface area contributed by atoms with Crippen molar-refractivity contribution in [2.24, 2.45) is 5.92 Å². The number of hydrogen-bond acceptors (Lipinski definition) is 5. The molecule has 0 amide bonds. The quantitative estimate of drug-likeness (QED) is 0.629. The van der Waals surface area contributed by atoms with E-state index in [-0.39, 0.29) is 11.8 Å². The van der Waals surface area contributed by atoms with Crippen molar-refractivity contribution in [1.82, 2.24) is 8.87 Å². The monoisotopic (exact) mass is 438 g/mol. The first-order valence-electron chi connectivity index (χ1n) is 10.8. The maximum Gasteiger partial charge on any atom is 0.268 e. The number of fused-ring (bicyclic) bond motifs is 2. The van der Waals surface area contributed by atoms with E-state index in [0.717, 1.165) is 29.4 Å². The molecule has 0 radical (unpaired) electrons. The van der Waals surface area contributed by atoms with Gasteiger partial charge in [-0.25, -0.2) is 12.4 Å². The number of likely N-dealkylation sites (N-methyl/N-ethyl adjacent to an activating group) is 1. The Kier molecular flexibility index (Phi) is 4.18. The van der Waals surface area contributed by atoms with E-state index in [1.165, 1.54) is 9.54 Å². The molecule has 3 aliphatic rings. The third-order valence-electron chi connectivity index (χ3n) is 7.43. The second-order valence-electron chi connectivity index (χ2n) is 9.07. The molecule has 2 aromatic carbocycles. The molecule has 162 valence electrons. The maximum absolute atomic E-state index is 13.5. The molecule has 31 heavy (non-hydrogen) atoms. The SMILES string of the molecule is CN1CC(C2(C)OCCO2)C2c3cccc4c3c(cn4S(=O)(=O)c3ccccc3)CC21. The Balaban J connectivity index is 1.53. The normalized spacial score (nSPS) is 27.6. The van der Waals surface area contributed by atoms with Crippen molar-refractivity contribution in [2.75, 3.05) is 26.8 Å². The van der Waals surface area contributed by atoms with Gasteiger partial charge in [0.15, 0.2) is 5.79 Å². The van der Waals surface area contributed by atoms with E-state index >= 15 is 0 Å². The van der Waals surface area contributed by atoms with Crippen LogP contribution in [-0.4, -0.2) is 55.9 Å². The molecule has 2 saturated heterocycles. The molecule has 3 atom stereocenters. The summed E-state index contributed by atoms with van der Waals surface area (Å²) in [6.07, 6.45) is 2.65. The van der Waals surface area contributed by atoms with E-state index in [4.69, 9.17) is 9.47 Å². The van der Waals surface area contributed by atoms with E-state index < -0.39 is 15.8 Å². The minimum Gasteiger partial charge on any atom is -0.347 e. The zero-order valence-electron chi connectivity index (χ0n) is 17.7. The molecule has 0 bridgehead atoms. The van der Waals surface area contributed by atoms with Gasteiger partial charge in [-0.15, -0.1) is 0 Å². The fraction of sp³-hybridized carbons (Fsp3) is 0.417. The van der Waals surface area contributed by atoms with Gasteiger partial charge in [-0.05, 0) is 49.7 Å². The van der Waals surface area contributed by atoms with Crippen molar-refractivity contribution >= 4 is 20.9 Å². The van der Waals surface area contributed by atoms with Crippen molar-refractivity contribution in [3.8, 4) is 0 Å². The highest BCUT2D eigenvalue weighted by Crippen LogP contribution is 2.51. The molecule has 0 spiro atoms. The van der Waals surface area contributed by atoms with E-state index in [9.17, 15) is 8.42 Å². The highest BCUT2D eigenvalue weighted by Gasteiger charge is 2.54. The fourth-order valence-electron chi connectivity index (χ4n) is 5.97. The number of rotatable bonds is 3. The summed E-state index contributed by atoms with van der Waals surface area (Å²) in [7, 11) is -1.52. The molecule has 6 rings (SSSR count). The standard InChI is InChI=1S/C24H26N2O4S/c1-24(29-11-12-30-24)19-15-25(2)21-13-16-14-26(31(27,28)17-7-4-3-5-8-17)20-10-6-9-18(22(16)20)23(19)21/h3-10,14,19,21,23H,11-13,15H2,1-2H3. The number of benzene rings is 2. The number of ether oxygens (including phenoxy) is 2. The minimum atomic E-state index is -3.67. The molecule has 7 heteroatoms. The van der Waals surface area contributed by atoms with Crippen molar-refractivity contribution in [1.29, 1.82) is 0 Å². The van der Waals surface area contributed by atoms with Gasteiger partial charge in [0.05, 0.1) is 23.6 Å². The summed E-state index contributed by atoms with van der Waals surface area (Å²) in [5.74, 6) is -0.177. The molecule has 3 unspecified atom stereocenters. The lowest BCUT2D eigenvalue weighted by atomic mass is 9.74. The minimum absolute atomic E-state index is 0.192. The Labute approximate surface area is 182 Å². The molecule has 1 aromatic heterocycles. The summed E-state index contributed by atoms with van der Waals surface area (Å²) in [6.45, 7) is 4.20. The van der Waals surface area contributed by atoms with Gasteiger partial charge < -0.3 is 14.4 Å². The number of aromatic nitrogens is 1. The van der Waals surface area contributed by atoms with Gasteiger partial charge in [-0.2, -0.15) is 0 Å². The predicted octanol–water partition coefficient (Wildman–Crippen LogP) is 3.21. The summed E-state index contributed by atoms with van der Waals surface area (Å²) < 4.78 is 40.5. The van der Waals surface area contributed by atoms with Gasteiger partial charge in [0, 0.05) is 36.0 Å². The summed E-state index contributed by atoms with van der Waals surface area (Å²) in [6, 6.07) is 15.0. The second-order valence-corrected chi connectivity index (χ2v) is 10.9. The summed E-state index contributed by atoms with van der Waals surface area (Å²) in [5, 5.41) is 1.07. The number of nitrogens with zero attached hydrogens (tertiary/aromatic N) is 2. The van der Waals surface area contributed by atoms with Gasteiger partial charge in [-0.1, -0.05) is 30.3 Å². The Hall–Kier alpha value is -2.19. The van der Waals surface area contributed by atoms with Gasteiger partial charge in [0.1, 0.15) is 0 Å². The molecule has 0 N–H and O–H groups in total. The van der Waals surface area contributed by atoms with Gasteiger partial charge in [0.25, 0.3) is 10.0 Å². The molecule has 3 heterocycles. The Morgan fingerprint density at radius 3 is 2.52 bits per heavy atom. The van der Waals surface area contributed by atoms with Crippen LogP contribution in [0.2, 0.25) is 0 Å². The lowest BCUT2D eigenvalue weighted by molar-refractivity contribution is -0.181. The number of hydrogen-bond donors (Lipinski definition) is 0. The zero-order chi connectivity index (χ0) is 21.4. The summed E-state index contributed by atoms with van der Waals surface area (Å²) in [5.41, 5.74) is 3.05.